The van der Waals surface area contributed by atoms with Crippen LogP contribution in [0, 0.1) is 0 Å². The van der Waals surface area contributed by atoms with Gasteiger partial charge in [0, 0.05) is 17.5 Å². The Labute approximate surface area is 160 Å². The lowest BCUT2D eigenvalue weighted by molar-refractivity contribution is -0.123. The Balaban J connectivity index is 1.53. The molecule has 1 saturated heterocycles. The highest BCUT2D eigenvalue weighted by molar-refractivity contribution is 5.90. The van der Waals surface area contributed by atoms with Gasteiger partial charge in [0.05, 0.1) is 18.2 Å². The van der Waals surface area contributed by atoms with E-state index in [1.807, 2.05) is 49.4 Å². The average molecular weight is 362 g/mol. The van der Waals surface area contributed by atoms with Crippen molar-refractivity contribution >= 4 is 16.9 Å². The normalized spacial score (nSPS) is 17.1. The molecule has 0 spiro atoms. The Bertz CT molecular complexity index is 897. The Morgan fingerprint density at radius 2 is 1.78 bits per heavy atom. The van der Waals surface area contributed by atoms with Gasteiger partial charge >= 0.3 is 0 Å². The highest BCUT2D eigenvalue weighted by Gasteiger charge is 2.25. The second-order valence-electron chi connectivity index (χ2n) is 7.39. The molecule has 0 radical (unpaired) electrons. The average Bonchev–Trinajstić information content (AvgIpc) is 3.37. The van der Waals surface area contributed by atoms with Gasteiger partial charge in [-0.05, 0) is 44.5 Å². The van der Waals surface area contributed by atoms with E-state index in [9.17, 15) is 4.79 Å². The van der Waals surface area contributed by atoms with E-state index in [0.29, 0.717) is 0 Å². The number of carbonyl (C=O) groups excluding carboxylic acids is 1. The van der Waals surface area contributed by atoms with Gasteiger partial charge in [0.15, 0.2) is 0 Å². The summed E-state index contributed by atoms with van der Waals surface area (Å²) in [5.41, 5.74) is 2.92. The minimum absolute atomic E-state index is 0.00239. The minimum Gasteiger partial charge on any atom is -0.464 e. The first kappa shape index (κ1) is 17.8. The number of nitrogens with zero attached hydrogens (tertiary/aromatic N) is 1. The Morgan fingerprint density at radius 1 is 1.07 bits per heavy atom. The first-order valence-electron chi connectivity index (χ1n) is 9.76. The number of fused-ring (bicyclic) bond motifs is 1. The van der Waals surface area contributed by atoms with Gasteiger partial charge in [0.2, 0.25) is 5.91 Å². The van der Waals surface area contributed by atoms with E-state index >= 15 is 0 Å². The number of rotatable bonds is 6. The maximum atomic E-state index is 13.1. The molecule has 1 N–H and O–H groups in total. The van der Waals surface area contributed by atoms with Crippen LogP contribution in [-0.4, -0.2) is 30.4 Å². The van der Waals surface area contributed by atoms with E-state index in [1.54, 1.807) is 6.26 Å². The molecule has 0 bridgehead atoms. The van der Waals surface area contributed by atoms with Gasteiger partial charge in [0.1, 0.15) is 5.58 Å². The number of carbonyl (C=O) groups is 1. The topological polar surface area (TPSA) is 45.5 Å². The lowest BCUT2D eigenvalue weighted by Gasteiger charge is -2.26. The van der Waals surface area contributed by atoms with E-state index < -0.39 is 0 Å². The SMILES string of the molecule is CC(C(=O)NC(CN1CCCC1)c1ccccc1)c1coc2ccccc12. The lowest BCUT2D eigenvalue weighted by Crippen LogP contribution is -2.38. The number of likely N-dealkylation sites (tertiary alicyclic amines) is 1. The Hall–Kier alpha value is -2.59. The van der Waals surface area contributed by atoms with Crippen LogP contribution in [0.25, 0.3) is 11.0 Å². The van der Waals surface area contributed by atoms with Crippen LogP contribution in [0.2, 0.25) is 0 Å². The summed E-state index contributed by atoms with van der Waals surface area (Å²) in [4.78, 5) is 15.5. The van der Waals surface area contributed by atoms with Crippen molar-refractivity contribution in [3.05, 3.63) is 72.0 Å². The molecule has 140 valence electrons. The summed E-state index contributed by atoms with van der Waals surface area (Å²) in [7, 11) is 0. The molecule has 1 fully saturated rings. The zero-order valence-corrected chi connectivity index (χ0v) is 15.7. The minimum atomic E-state index is -0.265. The van der Waals surface area contributed by atoms with E-state index in [2.05, 4.69) is 22.3 Å². The van der Waals surface area contributed by atoms with Crippen molar-refractivity contribution in [2.45, 2.75) is 31.7 Å². The maximum Gasteiger partial charge on any atom is 0.227 e. The summed E-state index contributed by atoms with van der Waals surface area (Å²) in [6.07, 6.45) is 4.20. The third-order valence-electron chi connectivity index (χ3n) is 5.53. The van der Waals surface area contributed by atoms with Crippen molar-refractivity contribution in [3.8, 4) is 0 Å². The molecular weight excluding hydrogens is 336 g/mol. The van der Waals surface area contributed by atoms with Crippen LogP contribution in [0.1, 0.15) is 42.9 Å². The molecular formula is C23H26N2O2. The number of benzene rings is 2. The third kappa shape index (κ3) is 3.91. The van der Waals surface area contributed by atoms with Crippen LogP contribution in [0.4, 0.5) is 0 Å². The van der Waals surface area contributed by atoms with Crippen LogP contribution in [0.15, 0.2) is 65.3 Å². The standard InChI is InChI=1S/C23H26N2O2/c1-17(20-16-27-22-12-6-5-11-19(20)22)23(26)24-21(15-25-13-7-8-14-25)18-9-3-2-4-10-18/h2-6,9-12,16-17,21H,7-8,13-15H2,1H3,(H,24,26). The van der Waals surface area contributed by atoms with Crippen LogP contribution in [0.3, 0.4) is 0 Å². The number of para-hydroxylation sites is 1. The Morgan fingerprint density at radius 3 is 2.56 bits per heavy atom. The van der Waals surface area contributed by atoms with Gasteiger partial charge in [-0.1, -0.05) is 48.5 Å². The summed E-state index contributed by atoms with van der Waals surface area (Å²) >= 11 is 0. The summed E-state index contributed by atoms with van der Waals surface area (Å²) < 4.78 is 5.63. The first-order valence-corrected chi connectivity index (χ1v) is 9.76. The zero-order chi connectivity index (χ0) is 18.6. The van der Waals surface area contributed by atoms with Gasteiger partial charge in [-0.3, -0.25) is 4.79 Å². The number of amides is 1. The summed E-state index contributed by atoms with van der Waals surface area (Å²) in [5.74, 6) is -0.229. The molecule has 4 rings (SSSR count). The van der Waals surface area contributed by atoms with Crippen LogP contribution in [-0.2, 0) is 4.79 Å². The van der Waals surface area contributed by atoms with Crippen molar-refractivity contribution < 1.29 is 9.21 Å². The molecule has 2 aromatic carbocycles. The fraction of sp³-hybridized carbons (Fsp3) is 0.348. The third-order valence-corrected chi connectivity index (χ3v) is 5.53. The van der Waals surface area contributed by atoms with Crippen molar-refractivity contribution in [1.82, 2.24) is 10.2 Å². The quantitative estimate of drug-likeness (QED) is 0.703. The van der Waals surface area contributed by atoms with Gasteiger partial charge in [-0.15, -0.1) is 0 Å². The van der Waals surface area contributed by atoms with Crippen LogP contribution in [0.5, 0.6) is 0 Å². The number of nitrogens with one attached hydrogen (secondary N) is 1. The van der Waals surface area contributed by atoms with E-state index in [-0.39, 0.29) is 17.9 Å². The number of hydrogen-bond acceptors (Lipinski definition) is 3. The van der Waals surface area contributed by atoms with E-state index in [0.717, 1.165) is 41.7 Å². The molecule has 27 heavy (non-hydrogen) atoms. The Kier molecular flexibility index (Phi) is 5.26. The van der Waals surface area contributed by atoms with Gasteiger partial charge in [0.25, 0.3) is 0 Å². The molecule has 4 nitrogen and oxygen atoms in total. The zero-order valence-electron chi connectivity index (χ0n) is 15.7. The molecule has 3 aromatic rings. The fourth-order valence-corrected chi connectivity index (χ4v) is 3.91. The number of hydrogen-bond donors (Lipinski definition) is 1. The van der Waals surface area contributed by atoms with E-state index in [1.165, 1.54) is 12.8 Å². The molecule has 4 heteroatoms. The molecule has 1 aromatic heterocycles. The summed E-state index contributed by atoms with van der Waals surface area (Å²) in [6, 6.07) is 18.1. The van der Waals surface area contributed by atoms with Gasteiger partial charge in [-0.25, -0.2) is 0 Å². The molecule has 1 aliphatic heterocycles. The summed E-state index contributed by atoms with van der Waals surface area (Å²) in [5, 5.41) is 4.30. The van der Waals surface area contributed by atoms with Crippen LogP contribution >= 0.6 is 0 Å². The van der Waals surface area contributed by atoms with Gasteiger partial charge < -0.3 is 14.6 Å². The predicted molar refractivity (Wildman–Crippen MR) is 108 cm³/mol. The highest BCUT2D eigenvalue weighted by atomic mass is 16.3. The molecule has 1 aliphatic rings. The smallest absolute Gasteiger partial charge is 0.227 e. The van der Waals surface area contributed by atoms with Crippen molar-refractivity contribution in [2.75, 3.05) is 19.6 Å². The molecule has 2 heterocycles. The van der Waals surface area contributed by atoms with Crippen molar-refractivity contribution in [3.63, 3.8) is 0 Å². The van der Waals surface area contributed by atoms with Crippen molar-refractivity contribution in [1.29, 1.82) is 0 Å². The van der Waals surface area contributed by atoms with Crippen LogP contribution < -0.4 is 5.32 Å². The number of furan rings is 1. The maximum absolute atomic E-state index is 13.1. The molecule has 1 amide bonds. The molecule has 0 aliphatic carbocycles. The fourth-order valence-electron chi connectivity index (χ4n) is 3.91. The second-order valence-corrected chi connectivity index (χ2v) is 7.39. The predicted octanol–water partition coefficient (Wildman–Crippen LogP) is 4.49. The van der Waals surface area contributed by atoms with E-state index in [4.69, 9.17) is 4.42 Å². The first-order chi connectivity index (χ1) is 13.2. The molecule has 2 atom stereocenters. The monoisotopic (exact) mass is 362 g/mol. The lowest BCUT2D eigenvalue weighted by atomic mass is 9.98. The van der Waals surface area contributed by atoms with Crippen molar-refractivity contribution in [2.24, 2.45) is 0 Å². The highest BCUT2D eigenvalue weighted by Crippen LogP contribution is 2.28. The molecule has 2 unspecified atom stereocenters. The largest absolute Gasteiger partial charge is 0.464 e. The van der Waals surface area contributed by atoms with Gasteiger partial charge in [-0.2, -0.15) is 0 Å². The second kappa shape index (κ2) is 7.97. The summed E-state index contributed by atoms with van der Waals surface area (Å²) in [6.45, 7) is 5.03. The molecule has 0 saturated carbocycles.